The first-order valence-corrected chi connectivity index (χ1v) is 20.3. The van der Waals surface area contributed by atoms with Crippen LogP contribution in [-0.4, -0.2) is 108 Å². The Bertz CT molecular complexity index is 2110. The summed E-state index contributed by atoms with van der Waals surface area (Å²) in [4.78, 5) is 24.1. The first-order valence-electron chi connectivity index (χ1n) is 18.9. The molecule has 1 aromatic heterocycles. The van der Waals surface area contributed by atoms with Crippen LogP contribution in [0.5, 0.6) is 0 Å². The summed E-state index contributed by atoms with van der Waals surface area (Å²) in [6, 6.07) is 17.7. The average Bonchev–Trinajstić information content (AvgIpc) is 3.60. The summed E-state index contributed by atoms with van der Waals surface area (Å²) in [7, 11) is -2.41. The van der Waals surface area contributed by atoms with Crippen molar-refractivity contribution in [2.45, 2.75) is 80.3 Å². The molecule has 4 fully saturated rings. The van der Waals surface area contributed by atoms with Crippen molar-refractivity contribution in [3.63, 3.8) is 0 Å². The zero-order valence-corrected chi connectivity index (χ0v) is 31.2. The molecule has 1 amide bonds. The Balaban J connectivity index is 0.989. The van der Waals surface area contributed by atoms with E-state index in [9.17, 15) is 17.6 Å². The summed E-state index contributed by atoms with van der Waals surface area (Å²) in [5.74, 6) is -2.25. The SMILES string of the molecule is Cc1nc2ccccc2n1[C@H]1C[C@H]2CC[C@@H](C1)N2CCC1(c2cccc(F)c2)CCN(C(=O)c2cc(S(=O)(=O)N3CCN(C)CC3)c(F)cc2F)CC1. The molecule has 0 unspecified atom stereocenters. The Morgan fingerprint density at radius 2 is 1.55 bits per heavy atom. The predicted octanol–water partition coefficient (Wildman–Crippen LogP) is 6.13. The second-order valence-electron chi connectivity index (χ2n) is 15.6. The number of para-hydroxylation sites is 2. The van der Waals surface area contributed by atoms with Gasteiger partial charge in [-0.2, -0.15) is 4.31 Å². The molecule has 0 spiro atoms. The minimum atomic E-state index is -4.28. The van der Waals surface area contributed by atoms with E-state index in [0.717, 1.165) is 61.6 Å². The van der Waals surface area contributed by atoms with Crippen molar-refractivity contribution < 1.29 is 26.4 Å². The van der Waals surface area contributed by atoms with Crippen LogP contribution in [0, 0.1) is 24.4 Å². The van der Waals surface area contributed by atoms with Gasteiger partial charge in [0.05, 0.1) is 16.6 Å². The number of sulfonamides is 1. The molecule has 282 valence electrons. The van der Waals surface area contributed by atoms with Gasteiger partial charge in [0.2, 0.25) is 10.0 Å². The standard InChI is InChI=1S/C40H47F3N6O3S/c1-27-44-36-8-3-4-9-37(36)49(27)32-23-30-10-11-31(24-32)48(30)17-14-40(28-6-5-7-29(41)22-28)12-15-46(16-13-40)39(50)33-25-38(35(43)26-34(33)42)53(51,52)47-20-18-45(2)19-21-47/h3-9,22,25-26,30-32H,10-21,23-24H2,1-2H3/t30-,31+,32+. The molecule has 0 N–H and O–H groups in total. The number of piperazine rings is 1. The molecule has 4 aliphatic heterocycles. The lowest BCUT2D eigenvalue weighted by Crippen LogP contribution is -2.49. The molecule has 4 aliphatic rings. The molecule has 5 heterocycles. The van der Waals surface area contributed by atoms with E-state index in [-0.39, 0.29) is 32.0 Å². The van der Waals surface area contributed by atoms with Gasteiger partial charge in [-0.05, 0) is 107 Å². The maximum atomic E-state index is 15.2. The first-order chi connectivity index (χ1) is 25.4. The van der Waals surface area contributed by atoms with Crippen LogP contribution in [0.2, 0.25) is 0 Å². The lowest BCUT2D eigenvalue weighted by molar-refractivity contribution is 0.0602. The number of carbonyl (C=O) groups excluding carboxylic acids is 1. The third-order valence-electron chi connectivity index (χ3n) is 12.6. The number of rotatable bonds is 8. The molecule has 4 aromatic rings. The van der Waals surface area contributed by atoms with Crippen molar-refractivity contribution >= 4 is 27.0 Å². The Morgan fingerprint density at radius 3 is 2.25 bits per heavy atom. The third-order valence-corrected chi connectivity index (χ3v) is 14.5. The second-order valence-corrected chi connectivity index (χ2v) is 17.5. The van der Waals surface area contributed by atoms with Gasteiger partial charge in [0, 0.05) is 63.5 Å². The summed E-state index contributed by atoms with van der Waals surface area (Å²) >= 11 is 0. The molecule has 2 bridgehead atoms. The minimum absolute atomic E-state index is 0.175. The minimum Gasteiger partial charge on any atom is -0.338 e. The Morgan fingerprint density at radius 1 is 0.849 bits per heavy atom. The van der Waals surface area contributed by atoms with Crippen molar-refractivity contribution in [2.75, 3.05) is 52.9 Å². The Kier molecular flexibility index (Phi) is 9.66. The summed E-state index contributed by atoms with van der Waals surface area (Å²) in [6.45, 7) is 4.80. The highest BCUT2D eigenvalue weighted by Gasteiger charge is 2.45. The normalized spacial score (nSPS) is 24.2. The van der Waals surface area contributed by atoms with E-state index in [1.54, 1.807) is 12.1 Å². The number of aryl methyl sites for hydroxylation is 1. The highest BCUT2D eigenvalue weighted by Crippen LogP contribution is 2.45. The van der Waals surface area contributed by atoms with Gasteiger partial charge in [-0.15, -0.1) is 0 Å². The fourth-order valence-corrected chi connectivity index (χ4v) is 11.2. The van der Waals surface area contributed by atoms with Gasteiger partial charge in [0.25, 0.3) is 5.91 Å². The average molecular weight is 749 g/mol. The Labute approximate surface area is 309 Å². The fourth-order valence-electron chi connectivity index (χ4n) is 9.66. The van der Waals surface area contributed by atoms with Crippen molar-refractivity contribution in [1.29, 1.82) is 0 Å². The molecular weight excluding hydrogens is 702 g/mol. The number of hydrogen-bond donors (Lipinski definition) is 0. The number of aromatic nitrogens is 2. The van der Waals surface area contributed by atoms with Crippen LogP contribution in [0.4, 0.5) is 13.2 Å². The molecule has 0 saturated carbocycles. The molecule has 0 radical (unpaired) electrons. The lowest BCUT2D eigenvalue weighted by Gasteiger charge is -2.45. The predicted molar refractivity (Wildman–Crippen MR) is 197 cm³/mol. The smallest absolute Gasteiger partial charge is 0.256 e. The van der Waals surface area contributed by atoms with Crippen LogP contribution in [-0.2, 0) is 15.4 Å². The molecule has 0 aliphatic carbocycles. The number of carbonyl (C=O) groups is 1. The molecule has 53 heavy (non-hydrogen) atoms. The molecule has 3 atom stereocenters. The van der Waals surface area contributed by atoms with Crippen molar-refractivity contribution in [2.24, 2.45) is 0 Å². The molecule has 8 rings (SSSR count). The molecular formula is C40H47F3N6O3S. The zero-order chi connectivity index (χ0) is 37.1. The van der Waals surface area contributed by atoms with Crippen LogP contribution in [0.1, 0.15) is 72.7 Å². The van der Waals surface area contributed by atoms with Crippen LogP contribution in [0.15, 0.2) is 65.6 Å². The van der Waals surface area contributed by atoms with Gasteiger partial charge < -0.3 is 14.4 Å². The third kappa shape index (κ3) is 6.68. The van der Waals surface area contributed by atoms with Crippen LogP contribution in [0.3, 0.4) is 0 Å². The van der Waals surface area contributed by atoms with Gasteiger partial charge in [-0.25, -0.2) is 26.6 Å². The van der Waals surface area contributed by atoms with E-state index in [2.05, 4.69) is 34.6 Å². The highest BCUT2D eigenvalue weighted by atomic mass is 32.2. The molecule has 13 heteroatoms. The van der Waals surface area contributed by atoms with E-state index in [0.29, 0.717) is 50.1 Å². The van der Waals surface area contributed by atoms with Gasteiger partial charge in [0.1, 0.15) is 28.2 Å². The van der Waals surface area contributed by atoms with Crippen LogP contribution in [0.25, 0.3) is 11.0 Å². The number of likely N-dealkylation sites (tertiary alicyclic amines) is 1. The number of hydrogen-bond acceptors (Lipinski definition) is 6. The van der Waals surface area contributed by atoms with Crippen molar-refractivity contribution in [3.8, 4) is 0 Å². The number of benzene rings is 3. The van der Waals surface area contributed by atoms with Gasteiger partial charge >= 0.3 is 0 Å². The summed E-state index contributed by atoms with van der Waals surface area (Å²) < 4.78 is 75.5. The Hall–Kier alpha value is -3.78. The van der Waals surface area contributed by atoms with Crippen LogP contribution < -0.4 is 0 Å². The van der Waals surface area contributed by atoms with E-state index >= 15 is 8.78 Å². The van der Waals surface area contributed by atoms with E-state index in [4.69, 9.17) is 4.98 Å². The maximum absolute atomic E-state index is 15.2. The fraction of sp³-hybridized carbons (Fsp3) is 0.500. The number of likely N-dealkylation sites (N-methyl/N-ethyl adjacent to an activating group) is 1. The number of piperidine rings is 2. The number of amides is 1. The highest BCUT2D eigenvalue weighted by molar-refractivity contribution is 7.89. The summed E-state index contributed by atoms with van der Waals surface area (Å²) in [6.07, 6.45) is 6.20. The van der Waals surface area contributed by atoms with Gasteiger partial charge in [0.15, 0.2) is 0 Å². The van der Waals surface area contributed by atoms with E-state index in [1.165, 1.54) is 20.8 Å². The van der Waals surface area contributed by atoms with E-state index < -0.39 is 43.4 Å². The topological polar surface area (TPSA) is 82.0 Å². The number of fused-ring (bicyclic) bond motifs is 3. The number of nitrogens with zero attached hydrogens (tertiary/aromatic N) is 6. The van der Waals surface area contributed by atoms with Gasteiger partial charge in [-0.1, -0.05) is 24.3 Å². The second kappa shape index (κ2) is 14.1. The summed E-state index contributed by atoms with van der Waals surface area (Å²) in [5.41, 5.74) is 2.23. The van der Waals surface area contributed by atoms with Crippen molar-refractivity contribution in [3.05, 3.63) is 95.1 Å². The number of imidazole rings is 1. The molecule has 3 aromatic carbocycles. The molecule has 9 nitrogen and oxygen atoms in total. The number of halogens is 3. The largest absolute Gasteiger partial charge is 0.338 e. The maximum Gasteiger partial charge on any atom is 0.256 e. The first kappa shape index (κ1) is 36.2. The van der Waals surface area contributed by atoms with E-state index in [1.807, 2.05) is 24.1 Å². The molecule has 4 saturated heterocycles. The lowest BCUT2D eigenvalue weighted by atomic mass is 9.70. The zero-order valence-electron chi connectivity index (χ0n) is 30.4. The van der Waals surface area contributed by atoms with Crippen molar-refractivity contribution in [1.82, 2.24) is 28.6 Å². The van der Waals surface area contributed by atoms with Crippen LogP contribution >= 0.6 is 0 Å². The summed E-state index contributed by atoms with van der Waals surface area (Å²) in [5, 5.41) is 0. The van der Waals surface area contributed by atoms with Gasteiger partial charge in [-0.3, -0.25) is 9.69 Å². The monoisotopic (exact) mass is 748 g/mol. The quantitative estimate of drug-likeness (QED) is 0.216.